The number of carbonyl (C=O) groups excluding carboxylic acids is 1. The van der Waals surface area contributed by atoms with Crippen molar-refractivity contribution in [3.8, 4) is 0 Å². The Bertz CT molecular complexity index is 312. The molecule has 0 bridgehead atoms. The Morgan fingerprint density at radius 2 is 1.81 bits per heavy atom. The molecule has 0 aromatic heterocycles. The molecule has 1 aliphatic heterocycles. The normalized spacial score (nSPS) is 18.2. The highest BCUT2D eigenvalue weighted by Crippen LogP contribution is 2.25. The maximum Gasteiger partial charge on any atom is 0.222 e. The Morgan fingerprint density at radius 3 is 2.29 bits per heavy atom. The van der Waals surface area contributed by atoms with Crippen molar-refractivity contribution in [3.63, 3.8) is 0 Å². The lowest BCUT2D eigenvalue weighted by Gasteiger charge is -2.41. The Hall–Kier alpha value is -0.570. The van der Waals surface area contributed by atoms with Gasteiger partial charge in [-0.3, -0.25) is 9.69 Å². The number of amides is 1. The van der Waals surface area contributed by atoms with E-state index in [0.717, 1.165) is 18.9 Å². The number of hydrogen-bond donors (Lipinski definition) is 0. The molecule has 0 spiro atoms. The van der Waals surface area contributed by atoms with E-state index < -0.39 is 0 Å². The van der Waals surface area contributed by atoms with Crippen LogP contribution in [0.3, 0.4) is 0 Å². The number of likely N-dealkylation sites (tertiary alicyclic amines) is 1. The van der Waals surface area contributed by atoms with Crippen LogP contribution in [0.4, 0.5) is 0 Å². The molecular weight excluding hydrogens is 260 g/mol. The van der Waals surface area contributed by atoms with Gasteiger partial charge >= 0.3 is 0 Å². The predicted molar refractivity (Wildman–Crippen MR) is 90.4 cm³/mol. The van der Waals surface area contributed by atoms with E-state index in [1.807, 2.05) is 11.9 Å². The van der Waals surface area contributed by atoms with Crippen molar-refractivity contribution in [2.75, 3.05) is 26.7 Å². The summed E-state index contributed by atoms with van der Waals surface area (Å²) in [6.07, 6.45) is 5.45. The van der Waals surface area contributed by atoms with Crippen LogP contribution in [0.5, 0.6) is 0 Å². The molecule has 0 aliphatic carbocycles. The summed E-state index contributed by atoms with van der Waals surface area (Å²) in [5.74, 6) is 1.73. The standard InChI is InChI=1S/C18H36N2O/c1-15(2)7-8-17(21)19(6)12-9-16-10-13-20(14-11-16)18(3,4)5/h15-16H,7-14H2,1-6H3. The van der Waals surface area contributed by atoms with Gasteiger partial charge in [0.15, 0.2) is 0 Å². The van der Waals surface area contributed by atoms with E-state index >= 15 is 0 Å². The second kappa shape index (κ2) is 8.17. The van der Waals surface area contributed by atoms with Gasteiger partial charge in [-0.15, -0.1) is 0 Å². The maximum atomic E-state index is 12.0. The molecule has 1 saturated heterocycles. The molecule has 21 heavy (non-hydrogen) atoms. The van der Waals surface area contributed by atoms with Gasteiger partial charge in [0, 0.05) is 25.6 Å². The summed E-state index contributed by atoms with van der Waals surface area (Å²) in [6.45, 7) is 14.6. The van der Waals surface area contributed by atoms with Gasteiger partial charge in [0.2, 0.25) is 5.91 Å². The summed E-state index contributed by atoms with van der Waals surface area (Å²) in [5, 5.41) is 0. The van der Waals surface area contributed by atoms with Crippen LogP contribution in [0.15, 0.2) is 0 Å². The van der Waals surface area contributed by atoms with Crippen LogP contribution in [0.2, 0.25) is 0 Å². The number of piperidine rings is 1. The third kappa shape index (κ3) is 6.82. The van der Waals surface area contributed by atoms with Crippen molar-refractivity contribution in [2.24, 2.45) is 11.8 Å². The first kappa shape index (κ1) is 18.5. The first-order chi connectivity index (χ1) is 9.70. The molecule has 3 heteroatoms. The third-order valence-electron chi connectivity index (χ3n) is 4.80. The van der Waals surface area contributed by atoms with Crippen LogP contribution in [0.25, 0.3) is 0 Å². The lowest BCUT2D eigenvalue weighted by molar-refractivity contribution is -0.130. The molecule has 0 aromatic rings. The largest absolute Gasteiger partial charge is 0.346 e. The highest BCUT2D eigenvalue weighted by Gasteiger charge is 2.27. The Balaban J connectivity index is 2.23. The zero-order chi connectivity index (χ0) is 16.0. The minimum absolute atomic E-state index is 0.300. The number of hydrogen-bond acceptors (Lipinski definition) is 2. The summed E-state index contributed by atoms with van der Waals surface area (Å²) in [7, 11) is 1.97. The van der Waals surface area contributed by atoms with E-state index in [1.165, 1.54) is 32.4 Å². The first-order valence-corrected chi connectivity index (χ1v) is 8.69. The summed E-state index contributed by atoms with van der Waals surface area (Å²) >= 11 is 0. The van der Waals surface area contributed by atoms with E-state index in [1.54, 1.807) is 0 Å². The second-order valence-electron chi connectivity index (χ2n) is 8.14. The molecule has 1 rings (SSSR count). The molecule has 0 unspecified atom stereocenters. The highest BCUT2D eigenvalue weighted by molar-refractivity contribution is 5.75. The molecule has 0 N–H and O–H groups in total. The Labute approximate surface area is 132 Å². The second-order valence-corrected chi connectivity index (χ2v) is 8.14. The topological polar surface area (TPSA) is 23.6 Å². The molecule has 1 heterocycles. The molecule has 0 radical (unpaired) electrons. The van der Waals surface area contributed by atoms with Gasteiger partial charge in [-0.1, -0.05) is 13.8 Å². The van der Waals surface area contributed by atoms with Gasteiger partial charge in [-0.2, -0.15) is 0 Å². The first-order valence-electron chi connectivity index (χ1n) is 8.69. The van der Waals surface area contributed by atoms with E-state index in [9.17, 15) is 4.79 Å². The minimum Gasteiger partial charge on any atom is -0.346 e. The number of nitrogens with zero attached hydrogens (tertiary/aromatic N) is 2. The highest BCUT2D eigenvalue weighted by atomic mass is 16.2. The predicted octanol–water partition coefficient (Wildman–Crippen LogP) is 3.78. The molecule has 0 saturated carbocycles. The third-order valence-corrected chi connectivity index (χ3v) is 4.80. The SMILES string of the molecule is CC(C)CCC(=O)N(C)CCC1CCN(C(C)(C)C)CC1. The smallest absolute Gasteiger partial charge is 0.222 e. The van der Waals surface area contributed by atoms with Gasteiger partial charge < -0.3 is 4.90 Å². The van der Waals surface area contributed by atoms with Gasteiger partial charge in [-0.25, -0.2) is 0 Å². The summed E-state index contributed by atoms with van der Waals surface area (Å²) in [6, 6.07) is 0. The molecule has 1 amide bonds. The zero-order valence-electron chi connectivity index (χ0n) is 15.1. The van der Waals surface area contributed by atoms with Crippen molar-refractivity contribution in [2.45, 2.75) is 72.3 Å². The molecule has 3 nitrogen and oxygen atoms in total. The van der Waals surface area contributed by atoms with Crippen LogP contribution < -0.4 is 0 Å². The van der Waals surface area contributed by atoms with Crippen LogP contribution in [-0.2, 0) is 4.79 Å². The van der Waals surface area contributed by atoms with Crippen molar-refractivity contribution in [1.29, 1.82) is 0 Å². The lowest BCUT2D eigenvalue weighted by atomic mass is 9.90. The molecule has 0 aromatic carbocycles. The van der Waals surface area contributed by atoms with Crippen LogP contribution in [0.1, 0.15) is 66.7 Å². The zero-order valence-corrected chi connectivity index (χ0v) is 15.1. The Morgan fingerprint density at radius 1 is 1.24 bits per heavy atom. The lowest BCUT2D eigenvalue weighted by Crippen LogP contribution is -2.46. The molecule has 1 aliphatic rings. The van der Waals surface area contributed by atoms with Crippen LogP contribution >= 0.6 is 0 Å². The van der Waals surface area contributed by atoms with Gasteiger partial charge in [0.1, 0.15) is 0 Å². The number of rotatable bonds is 6. The van der Waals surface area contributed by atoms with Crippen LogP contribution in [0, 0.1) is 11.8 Å². The Kier molecular flexibility index (Phi) is 7.19. The average Bonchev–Trinajstić information content (AvgIpc) is 2.41. The fourth-order valence-electron chi connectivity index (χ4n) is 3.00. The molecule has 1 fully saturated rings. The maximum absolute atomic E-state index is 12.0. The van der Waals surface area contributed by atoms with Crippen molar-refractivity contribution >= 4 is 5.91 Å². The molecular formula is C18H36N2O. The van der Waals surface area contributed by atoms with Crippen molar-refractivity contribution in [3.05, 3.63) is 0 Å². The molecule has 0 atom stereocenters. The number of carbonyl (C=O) groups is 1. The summed E-state index contributed by atoms with van der Waals surface area (Å²) < 4.78 is 0. The monoisotopic (exact) mass is 296 g/mol. The molecule has 124 valence electrons. The van der Waals surface area contributed by atoms with Gasteiger partial charge in [0.25, 0.3) is 0 Å². The van der Waals surface area contributed by atoms with Crippen LogP contribution in [-0.4, -0.2) is 47.9 Å². The average molecular weight is 296 g/mol. The minimum atomic E-state index is 0.300. The van der Waals surface area contributed by atoms with E-state index in [0.29, 0.717) is 23.8 Å². The summed E-state index contributed by atoms with van der Waals surface area (Å²) in [4.78, 5) is 16.5. The van der Waals surface area contributed by atoms with Gasteiger partial charge in [-0.05, 0) is 71.4 Å². The fraction of sp³-hybridized carbons (Fsp3) is 0.944. The van der Waals surface area contributed by atoms with E-state index in [2.05, 4.69) is 39.5 Å². The van der Waals surface area contributed by atoms with E-state index in [-0.39, 0.29) is 0 Å². The fourth-order valence-corrected chi connectivity index (χ4v) is 3.00. The van der Waals surface area contributed by atoms with Gasteiger partial charge in [0.05, 0.1) is 0 Å². The quantitative estimate of drug-likeness (QED) is 0.744. The van der Waals surface area contributed by atoms with E-state index in [4.69, 9.17) is 0 Å². The summed E-state index contributed by atoms with van der Waals surface area (Å²) in [5.41, 5.74) is 0.300. The van der Waals surface area contributed by atoms with Crippen molar-refractivity contribution < 1.29 is 4.79 Å². The van der Waals surface area contributed by atoms with Crippen molar-refractivity contribution in [1.82, 2.24) is 9.80 Å².